The van der Waals surface area contributed by atoms with Gasteiger partial charge in [0.1, 0.15) is 6.04 Å². The molecule has 2 fully saturated rings. The van der Waals surface area contributed by atoms with Crippen molar-refractivity contribution in [3.05, 3.63) is 0 Å². The van der Waals surface area contributed by atoms with Crippen molar-refractivity contribution < 1.29 is 24.6 Å². The van der Waals surface area contributed by atoms with Crippen LogP contribution in [0.4, 0.5) is 0 Å². The van der Waals surface area contributed by atoms with Crippen LogP contribution in [0.25, 0.3) is 0 Å². The van der Waals surface area contributed by atoms with E-state index in [1.807, 2.05) is 0 Å². The molecule has 0 bridgehead atoms. The molecule has 0 heterocycles. The van der Waals surface area contributed by atoms with E-state index in [9.17, 15) is 14.4 Å². The number of hydrogen-bond donors (Lipinski definition) is 4. The molecule has 5 atom stereocenters. The van der Waals surface area contributed by atoms with E-state index in [1.54, 1.807) is 0 Å². The van der Waals surface area contributed by atoms with Crippen LogP contribution in [0.5, 0.6) is 0 Å². The van der Waals surface area contributed by atoms with Crippen LogP contribution in [0.1, 0.15) is 19.8 Å². The van der Waals surface area contributed by atoms with Gasteiger partial charge in [-0.3, -0.25) is 14.4 Å². The summed E-state index contributed by atoms with van der Waals surface area (Å²) < 4.78 is 0. The molecular formula is C11H16N2O5. The summed E-state index contributed by atoms with van der Waals surface area (Å²) >= 11 is 0. The van der Waals surface area contributed by atoms with Crippen molar-refractivity contribution >= 4 is 17.8 Å². The molecule has 5 N–H and O–H groups in total. The average Bonchev–Trinajstić information content (AvgIpc) is 2.92. The van der Waals surface area contributed by atoms with Gasteiger partial charge in [0.15, 0.2) is 0 Å². The second-order valence-electron chi connectivity index (χ2n) is 5.17. The Labute approximate surface area is 103 Å². The predicted octanol–water partition coefficient (Wildman–Crippen LogP) is -0.986. The first-order valence-corrected chi connectivity index (χ1v) is 5.84. The lowest BCUT2D eigenvalue weighted by molar-refractivity contribution is -0.143. The van der Waals surface area contributed by atoms with Crippen LogP contribution in [0, 0.1) is 17.8 Å². The summed E-state index contributed by atoms with van der Waals surface area (Å²) in [6.07, 6.45) is 1.01. The van der Waals surface area contributed by atoms with Gasteiger partial charge in [-0.05, 0) is 25.7 Å². The molecule has 7 nitrogen and oxygen atoms in total. The summed E-state index contributed by atoms with van der Waals surface area (Å²) in [6.45, 7) is 1.34. The number of carbonyl (C=O) groups is 3. The third-order valence-electron chi connectivity index (χ3n) is 4.08. The van der Waals surface area contributed by atoms with Gasteiger partial charge in [0.05, 0.1) is 11.5 Å². The van der Waals surface area contributed by atoms with Crippen molar-refractivity contribution in [2.75, 3.05) is 0 Å². The summed E-state index contributed by atoms with van der Waals surface area (Å²) in [5.41, 5.74) is 4.76. The van der Waals surface area contributed by atoms with Gasteiger partial charge in [-0.2, -0.15) is 0 Å². The van der Waals surface area contributed by atoms with E-state index in [0.29, 0.717) is 12.8 Å². The monoisotopic (exact) mass is 256 g/mol. The molecule has 0 unspecified atom stereocenters. The number of aliphatic carboxylic acids is 2. The number of fused-ring (bicyclic) bond motifs is 1. The van der Waals surface area contributed by atoms with E-state index < -0.39 is 35.3 Å². The van der Waals surface area contributed by atoms with Crippen LogP contribution in [-0.2, 0) is 14.4 Å². The Morgan fingerprint density at radius 2 is 2.00 bits per heavy atom. The van der Waals surface area contributed by atoms with Crippen molar-refractivity contribution in [2.24, 2.45) is 23.5 Å². The van der Waals surface area contributed by atoms with Crippen molar-refractivity contribution in [1.82, 2.24) is 5.32 Å². The second kappa shape index (κ2) is 3.94. The zero-order chi connectivity index (χ0) is 13.7. The van der Waals surface area contributed by atoms with E-state index in [0.717, 1.165) is 0 Å². The van der Waals surface area contributed by atoms with Crippen LogP contribution in [0.15, 0.2) is 0 Å². The van der Waals surface area contributed by atoms with Gasteiger partial charge in [0.2, 0.25) is 5.91 Å². The minimum absolute atomic E-state index is 0.0432. The quantitative estimate of drug-likeness (QED) is 0.511. The first-order valence-electron chi connectivity index (χ1n) is 5.84. The lowest BCUT2D eigenvalue weighted by Gasteiger charge is -2.26. The van der Waals surface area contributed by atoms with E-state index in [4.69, 9.17) is 15.9 Å². The Morgan fingerprint density at radius 1 is 1.39 bits per heavy atom. The summed E-state index contributed by atoms with van der Waals surface area (Å²) in [5.74, 6) is -3.61. The highest BCUT2D eigenvalue weighted by Crippen LogP contribution is 2.61. The van der Waals surface area contributed by atoms with Crippen molar-refractivity contribution in [1.29, 1.82) is 0 Å². The van der Waals surface area contributed by atoms with Crippen LogP contribution in [0.3, 0.4) is 0 Å². The molecule has 0 spiro atoms. The Kier molecular flexibility index (Phi) is 2.81. The molecule has 0 aromatic rings. The number of hydrogen-bond acceptors (Lipinski definition) is 4. The second-order valence-corrected chi connectivity index (χ2v) is 5.17. The molecule has 2 aliphatic rings. The van der Waals surface area contributed by atoms with E-state index in [2.05, 4.69) is 5.32 Å². The lowest BCUT2D eigenvalue weighted by Crippen LogP contribution is -2.58. The number of carbonyl (C=O) groups excluding carboxylic acids is 1. The van der Waals surface area contributed by atoms with E-state index in [1.165, 1.54) is 6.92 Å². The first kappa shape index (κ1) is 12.8. The van der Waals surface area contributed by atoms with Crippen LogP contribution in [0.2, 0.25) is 0 Å². The zero-order valence-electron chi connectivity index (χ0n) is 9.92. The fraction of sp³-hybridized carbons (Fsp3) is 0.727. The lowest BCUT2D eigenvalue weighted by atomic mass is 9.90. The average molecular weight is 256 g/mol. The minimum Gasteiger partial charge on any atom is -0.481 e. The summed E-state index contributed by atoms with van der Waals surface area (Å²) in [7, 11) is 0. The van der Waals surface area contributed by atoms with Gasteiger partial charge < -0.3 is 21.3 Å². The maximum atomic E-state index is 12.0. The summed E-state index contributed by atoms with van der Waals surface area (Å²) in [6, 6.07) is -1.03. The molecule has 2 rings (SSSR count). The molecule has 18 heavy (non-hydrogen) atoms. The minimum atomic E-state index is -1.24. The molecule has 0 aromatic carbocycles. The molecule has 2 saturated carbocycles. The highest BCUT2D eigenvalue weighted by atomic mass is 16.4. The van der Waals surface area contributed by atoms with Crippen LogP contribution >= 0.6 is 0 Å². The summed E-state index contributed by atoms with van der Waals surface area (Å²) in [4.78, 5) is 33.6. The fourth-order valence-electron chi connectivity index (χ4n) is 3.00. The topological polar surface area (TPSA) is 130 Å². The van der Waals surface area contributed by atoms with Crippen LogP contribution < -0.4 is 11.1 Å². The third kappa shape index (κ3) is 1.74. The standard InChI is InChI=1S/C11H16N2O5/c1-4(8(14)15)13-10(18)11(12)3-2-5-6(7(5)11)9(16)17/h4-7H,2-3,12H2,1H3,(H,13,18)(H,14,15)(H,16,17)/t4-,5-,6-,7-,11-/m0/s1. The first-order chi connectivity index (χ1) is 8.29. The van der Waals surface area contributed by atoms with Gasteiger partial charge in [0, 0.05) is 5.92 Å². The molecule has 0 saturated heterocycles. The Bertz CT molecular complexity index is 424. The molecule has 0 aromatic heterocycles. The number of rotatable bonds is 4. The van der Waals surface area contributed by atoms with Crippen molar-refractivity contribution in [3.8, 4) is 0 Å². The largest absolute Gasteiger partial charge is 0.481 e. The summed E-state index contributed by atoms with van der Waals surface area (Å²) in [5, 5.41) is 20.0. The van der Waals surface area contributed by atoms with Crippen molar-refractivity contribution in [2.45, 2.75) is 31.3 Å². The zero-order valence-corrected chi connectivity index (χ0v) is 9.92. The van der Waals surface area contributed by atoms with Gasteiger partial charge in [0.25, 0.3) is 0 Å². The number of carboxylic acid groups (broad SMARTS) is 2. The number of amides is 1. The maximum absolute atomic E-state index is 12.0. The molecule has 7 heteroatoms. The molecule has 1 amide bonds. The third-order valence-corrected chi connectivity index (χ3v) is 4.08. The van der Waals surface area contributed by atoms with Gasteiger partial charge in [-0.15, -0.1) is 0 Å². The number of carboxylic acids is 2. The molecule has 0 aliphatic heterocycles. The normalized spacial score (nSPS) is 38.7. The highest BCUT2D eigenvalue weighted by Gasteiger charge is 2.69. The SMILES string of the molecule is C[C@H](NC(=O)[C@]1(N)CC[C@H]2[C@H](C(=O)O)[C@H]21)C(=O)O. The number of nitrogens with one attached hydrogen (secondary N) is 1. The van der Waals surface area contributed by atoms with Gasteiger partial charge in [-0.1, -0.05) is 0 Å². The molecule has 0 radical (unpaired) electrons. The van der Waals surface area contributed by atoms with E-state index in [-0.39, 0.29) is 11.8 Å². The van der Waals surface area contributed by atoms with Crippen LogP contribution in [-0.4, -0.2) is 39.6 Å². The Balaban J connectivity index is 2.06. The molecular weight excluding hydrogens is 240 g/mol. The Hall–Kier alpha value is -1.63. The molecule has 100 valence electrons. The fourth-order valence-corrected chi connectivity index (χ4v) is 3.00. The van der Waals surface area contributed by atoms with E-state index >= 15 is 0 Å². The highest BCUT2D eigenvalue weighted by molar-refractivity contribution is 5.92. The number of nitrogens with two attached hydrogens (primary N) is 1. The maximum Gasteiger partial charge on any atom is 0.325 e. The predicted molar refractivity (Wildman–Crippen MR) is 59.5 cm³/mol. The molecule has 2 aliphatic carbocycles. The Morgan fingerprint density at radius 3 is 2.44 bits per heavy atom. The smallest absolute Gasteiger partial charge is 0.325 e. The van der Waals surface area contributed by atoms with Gasteiger partial charge >= 0.3 is 11.9 Å². The van der Waals surface area contributed by atoms with Gasteiger partial charge in [-0.25, -0.2) is 0 Å². The van der Waals surface area contributed by atoms with Crippen molar-refractivity contribution in [3.63, 3.8) is 0 Å².